The summed E-state index contributed by atoms with van der Waals surface area (Å²) < 4.78 is 21.0. The summed E-state index contributed by atoms with van der Waals surface area (Å²) in [6.45, 7) is 0. The highest BCUT2D eigenvalue weighted by Gasteiger charge is 2.20. The molecule has 0 spiro atoms. The van der Waals surface area contributed by atoms with Crippen LogP contribution in [0.25, 0.3) is 22.4 Å². The van der Waals surface area contributed by atoms with Gasteiger partial charge in [-0.15, -0.1) is 0 Å². The van der Waals surface area contributed by atoms with Crippen LogP contribution in [0, 0.1) is 5.82 Å². The lowest BCUT2D eigenvalue weighted by atomic mass is 10.00. The molecule has 0 fully saturated rings. The molecule has 2 aromatic heterocycles. The minimum Gasteiger partial charge on any atom is -0.480 e. The van der Waals surface area contributed by atoms with Crippen LogP contribution in [0.15, 0.2) is 59.5 Å². The number of methoxy groups -OCH3 is 1. The average molecular weight is 527 g/mol. The molecule has 0 atom stereocenters. The van der Waals surface area contributed by atoms with Gasteiger partial charge < -0.3 is 10.1 Å². The van der Waals surface area contributed by atoms with Gasteiger partial charge in [-0.3, -0.25) is 14.4 Å². The molecule has 36 heavy (non-hydrogen) atoms. The Balaban J connectivity index is 1.77. The van der Waals surface area contributed by atoms with Crippen molar-refractivity contribution in [1.82, 2.24) is 14.8 Å². The quantitative estimate of drug-likeness (QED) is 0.353. The number of ether oxygens (including phenoxy) is 1. The smallest absolute Gasteiger partial charge is 0.279 e. The highest BCUT2D eigenvalue weighted by atomic mass is 35.5. The van der Waals surface area contributed by atoms with Crippen LogP contribution in [-0.4, -0.2) is 34.1 Å². The van der Waals surface area contributed by atoms with Crippen LogP contribution in [0.5, 0.6) is 5.88 Å². The summed E-state index contributed by atoms with van der Waals surface area (Å²) in [5.41, 5.74) is 0.538. The van der Waals surface area contributed by atoms with Crippen LogP contribution in [0.3, 0.4) is 0 Å². The van der Waals surface area contributed by atoms with E-state index in [1.54, 1.807) is 36.4 Å². The summed E-state index contributed by atoms with van der Waals surface area (Å²) in [7, 11) is 2.75. The second-order valence-corrected chi connectivity index (χ2v) is 8.25. The Morgan fingerprint density at radius 3 is 2.44 bits per heavy atom. The lowest BCUT2D eigenvalue weighted by molar-refractivity contribution is 0.102. The predicted octanol–water partition coefficient (Wildman–Crippen LogP) is 5.03. The molecule has 0 bridgehead atoms. The second-order valence-electron chi connectivity index (χ2n) is 7.50. The van der Waals surface area contributed by atoms with Crippen molar-refractivity contribution in [2.24, 2.45) is 7.05 Å². The van der Waals surface area contributed by atoms with Crippen molar-refractivity contribution in [1.29, 1.82) is 0 Å². The number of aryl methyl sites for hydroxylation is 1. The Kier molecular flexibility index (Phi) is 7.14. The van der Waals surface area contributed by atoms with E-state index in [0.29, 0.717) is 17.4 Å². The number of carbonyl (C=O) groups excluding carboxylic acids is 2. The van der Waals surface area contributed by atoms with Crippen molar-refractivity contribution in [2.45, 2.75) is 0 Å². The maximum Gasteiger partial charge on any atom is 0.279 e. The number of hydrogen-bond acceptors (Lipinski definition) is 6. The topological polar surface area (TPSA) is 103 Å². The number of anilines is 1. The first kappa shape index (κ1) is 25.0. The zero-order valence-corrected chi connectivity index (χ0v) is 20.4. The summed E-state index contributed by atoms with van der Waals surface area (Å²) in [5, 5.41) is 6.71. The van der Waals surface area contributed by atoms with Crippen LogP contribution in [0.2, 0.25) is 10.0 Å². The molecule has 0 radical (unpaired) electrons. The first-order valence-electron chi connectivity index (χ1n) is 10.4. The average Bonchev–Trinajstić information content (AvgIpc) is 2.87. The van der Waals surface area contributed by atoms with Crippen molar-refractivity contribution in [2.75, 3.05) is 12.4 Å². The fourth-order valence-electron chi connectivity index (χ4n) is 3.55. The Morgan fingerprint density at radius 1 is 1.08 bits per heavy atom. The minimum absolute atomic E-state index is 0.0402. The molecule has 0 aliphatic heterocycles. The van der Waals surface area contributed by atoms with Crippen LogP contribution in [-0.2, 0) is 7.05 Å². The summed E-state index contributed by atoms with van der Waals surface area (Å²) in [5.74, 6) is -1.47. The van der Waals surface area contributed by atoms with E-state index in [-0.39, 0.29) is 44.0 Å². The molecular formula is C25H17Cl2FN4O4. The van der Waals surface area contributed by atoms with Gasteiger partial charge in [0.2, 0.25) is 5.88 Å². The molecule has 4 aromatic rings. The Hall–Kier alpha value is -4.08. The van der Waals surface area contributed by atoms with E-state index >= 15 is 0 Å². The highest BCUT2D eigenvalue weighted by Crippen LogP contribution is 2.42. The summed E-state index contributed by atoms with van der Waals surface area (Å²) in [6.07, 6.45) is 1.78. The number of rotatable bonds is 6. The van der Waals surface area contributed by atoms with E-state index in [1.165, 1.54) is 26.4 Å². The van der Waals surface area contributed by atoms with Gasteiger partial charge in [-0.2, -0.15) is 5.10 Å². The molecule has 0 unspecified atom stereocenters. The van der Waals surface area contributed by atoms with E-state index in [1.807, 2.05) is 0 Å². The number of amides is 1. The highest BCUT2D eigenvalue weighted by molar-refractivity contribution is 6.39. The lowest BCUT2D eigenvalue weighted by Gasteiger charge is -2.15. The van der Waals surface area contributed by atoms with Gasteiger partial charge in [0.25, 0.3) is 11.5 Å². The van der Waals surface area contributed by atoms with Crippen molar-refractivity contribution >= 4 is 41.1 Å². The number of hydrogen-bond donors (Lipinski definition) is 1. The fourth-order valence-corrected chi connectivity index (χ4v) is 4.14. The van der Waals surface area contributed by atoms with E-state index in [9.17, 15) is 18.8 Å². The van der Waals surface area contributed by atoms with Crippen LogP contribution in [0.1, 0.15) is 20.7 Å². The third kappa shape index (κ3) is 4.58. The van der Waals surface area contributed by atoms with Crippen molar-refractivity contribution in [3.8, 4) is 28.3 Å². The standard InChI is InChI=1S/C25H17Cl2FN4O4/c1-32-25(35)17(9-10-29-32)23(34)30-19-8-4-6-15(21(19)27)14-5-3-7-16(20(14)26)22-18(28)11-13(12-33)24(31-22)36-2/h3-12H,1-2H3,(H,30,34). The Morgan fingerprint density at radius 2 is 1.75 bits per heavy atom. The van der Waals surface area contributed by atoms with Gasteiger partial charge in [0.15, 0.2) is 12.1 Å². The molecule has 11 heteroatoms. The van der Waals surface area contributed by atoms with Crippen molar-refractivity contribution in [3.05, 3.63) is 92.1 Å². The summed E-state index contributed by atoms with van der Waals surface area (Å²) >= 11 is 13.3. The van der Waals surface area contributed by atoms with Gasteiger partial charge in [-0.1, -0.05) is 53.5 Å². The van der Waals surface area contributed by atoms with Crippen LogP contribution >= 0.6 is 23.2 Å². The van der Waals surface area contributed by atoms with E-state index < -0.39 is 17.3 Å². The van der Waals surface area contributed by atoms with E-state index in [4.69, 9.17) is 27.9 Å². The number of pyridine rings is 1. The normalized spacial score (nSPS) is 10.7. The van der Waals surface area contributed by atoms with Gasteiger partial charge in [0.1, 0.15) is 11.3 Å². The number of nitrogens with one attached hydrogen (secondary N) is 1. The molecule has 8 nitrogen and oxygen atoms in total. The summed E-state index contributed by atoms with van der Waals surface area (Å²) in [6, 6.07) is 12.1. The molecule has 0 saturated carbocycles. The monoisotopic (exact) mass is 526 g/mol. The number of benzene rings is 2. The Bertz CT molecular complexity index is 1570. The number of aromatic nitrogens is 3. The largest absolute Gasteiger partial charge is 0.480 e. The lowest BCUT2D eigenvalue weighted by Crippen LogP contribution is -2.28. The number of aldehydes is 1. The van der Waals surface area contributed by atoms with E-state index in [0.717, 1.165) is 10.7 Å². The second kappa shape index (κ2) is 10.3. The SMILES string of the molecule is COc1nc(-c2cccc(-c3cccc(NC(=O)c4ccnn(C)c4=O)c3Cl)c2Cl)c(F)cc1C=O. The van der Waals surface area contributed by atoms with E-state index in [2.05, 4.69) is 15.4 Å². The zero-order chi connectivity index (χ0) is 26.0. The van der Waals surface area contributed by atoms with Crippen molar-refractivity contribution < 1.29 is 18.7 Å². The molecule has 0 saturated heterocycles. The first-order valence-corrected chi connectivity index (χ1v) is 11.1. The molecule has 2 heterocycles. The first-order chi connectivity index (χ1) is 17.3. The molecule has 0 aliphatic rings. The minimum atomic E-state index is -0.761. The molecule has 2 aromatic carbocycles. The molecule has 0 aliphatic carbocycles. The summed E-state index contributed by atoms with van der Waals surface area (Å²) in [4.78, 5) is 40.2. The third-order valence-electron chi connectivity index (χ3n) is 5.33. The third-order valence-corrected chi connectivity index (χ3v) is 6.14. The molecule has 4 rings (SSSR count). The van der Waals surface area contributed by atoms with Crippen molar-refractivity contribution in [3.63, 3.8) is 0 Å². The van der Waals surface area contributed by atoms with Gasteiger partial charge >= 0.3 is 0 Å². The number of halogens is 3. The molecule has 1 N–H and O–H groups in total. The predicted molar refractivity (Wildman–Crippen MR) is 134 cm³/mol. The van der Waals surface area contributed by atoms with Gasteiger partial charge in [0, 0.05) is 29.9 Å². The maximum atomic E-state index is 14.8. The number of nitrogens with zero attached hydrogens (tertiary/aromatic N) is 3. The number of carbonyl (C=O) groups is 2. The zero-order valence-electron chi connectivity index (χ0n) is 18.9. The Labute approximate surface area is 214 Å². The molecular weight excluding hydrogens is 510 g/mol. The maximum absolute atomic E-state index is 14.8. The van der Waals surface area contributed by atoms with Gasteiger partial charge in [-0.25, -0.2) is 14.1 Å². The molecule has 1 amide bonds. The van der Waals surface area contributed by atoms with Gasteiger partial charge in [0.05, 0.1) is 28.4 Å². The molecule has 182 valence electrons. The van der Waals surface area contributed by atoms with Gasteiger partial charge in [-0.05, 0) is 18.2 Å². The fraction of sp³-hybridized carbons (Fsp3) is 0.0800. The van der Waals surface area contributed by atoms with Crippen LogP contribution in [0.4, 0.5) is 10.1 Å². The van der Waals surface area contributed by atoms with Crippen LogP contribution < -0.4 is 15.6 Å².